The zero-order valence-corrected chi connectivity index (χ0v) is 10.8. The predicted octanol–water partition coefficient (Wildman–Crippen LogP) is 3.28. The first-order valence-corrected chi connectivity index (χ1v) is 6.66. The quantitative estimate of drug-likeness (QED) is 0.847. The summed E-state index contributed by atoms with van der Waals surface area (Å²) < 4.78 is 0. The molecule has 1 aliphatic carbocycles. The van der Waals surface area contributed by atoms with Gasteiger partial charge in [-0.1, -0.05) is 54.6 Å². The molecule has 0 amide bonds. The smallest absolute Gasteiger partial charge is 0.170 e. The lowest BCUT2D eigenvalue weighted by atomic mass is 9.93. The summed E-state index contributed by atoms with van der Waals surface area (Å²) in [6.45, 7) is 0.465. The Morgan fingerprint density at radius 2 is 1.53 bits per heavy atom. The van der Waals surface area contributed by atoms with Gasteiger partial charge in [-0.2, -0.15) is 0 Å². The van der Waals surface area contributed by atoms with Crippen LogP contribution in [0.4, 0.5) is 0 Å². The fourth-order valence-electron chi connectivity index (χ4n) is 2.43. The van der Waals surface area contributed by atoms with Crippen LogP contribution >= 0.6 is 0 Å². The van der Waals surface area contributed by atoms with Crippen molar-refractivity contribution in [3.05, 3.63) is 60.2 Å². The minimum atomic E-state index is -0.256. The van der Waals surface area contributed by atoms with Crippen molar-refractivity contribution in [1.29, 1.82) is 0 Å². The molecule has 2 heteroatoms. The molecule has 0 aliphatic heterocycles. The maximum atomic E-state index is 12.3. The number of carbonyl (C=O) groups is 1. The minimum absolute atomic E-state index is 0.203. The van der Waals surface area contributed by atoms with Crippen LogP contribution in [0.1, 0.15) is 23.2 Å². The molecule has 0 spiro atoms. The average Bonchev–Trinajstić information content (AvgIpc) is 3.29. The van der Waals surface area contributed by atoms with E-state index in [1.165, 1.54) is 5.56 Å². The fraction of sp³-hybridized carbons (Fsp3) is 0.235. The molecule has 0 atom stereocenters. The Kier molecular flexibility index (Phi) is 2.96. The second-order valence-corrected chi connectivity index (χ2v) is 5.26. The number of carbonyl (C=O) groups excluding carboxylic acids is 1. The Balaban J connectivity index is 1.86. The molecule has 96 valence electrons. The van der Waals surface area contributed by atoms with Gasteiger partial charge in [0.2, 0.25) is 0 Å². The molecule has 0 radical (unpaired) electrons. The van der Waals surface area contributed by atoms with Gasteiger partial charge in [-0.3, -0.25) is 4.79 Å². The van der Waals surface area contributed by atoms with E-state index in [1.54, 1.807) is 0 Å². The van der Waals surface area contributed by atoms with Crippen LogP contribution in [0.3, 0.4) is 0 Å². The van der Waals surface area contributed by atoms with Gasteiger partial charge in [-0.25, -0.2) is 0 Å². The fourth-order valence-corrected chi connectivity index (χ4v) is 2.43. The first-order chi connectivity index (χ1) is 9.25. The summed E-state index contributed by atoms with van der Waals surface area (Å²) in [5.74, 6) is 0.203. The zero-order chi connectivity index (χ0) is 13.3. The summed E-state index contributed by atoms with van der Waals surface area (Å²) in [5.41, 5.74) is 8.53. The summed E-state index contributed by atoms with van der Waals surface area (Å²) in [7, 11) is 0. The monoisotopic (exact) mass is 251 g/mol. The molecule has 3 rings (SSSR count). The number of hydrogen-bond acceptors (Lipinski definition) is 2. The molecular weight excluding hydrogens is 234 g/mol. The van der Waals surface area contributed by atoms with Crippen LogP contribution in [-0.2, 0) is 0 Å². The Hall–Kier alpha value is -1.93. The van der Waals surface area contributed by atoms with E-state index < -0.39 is 0 Å². The highest BCUT2D eigenvalue weighted by Crippen LogP contribution is 2.47. The molecule has 2 N–H and O–H groups in total. The van der Waals surface area contributed by atoms with Crippen molar-refractivity contribution >= 4 is 5.78 Å². The Labute approximate surface area is 113 Å². The molecule has 0 heterocycles. The largest absolute Gasteiger partial charge is 0.329 e. The summed E-state index contributed by atoms with van der Waals surface area (Å²) in [4.78, 5) is 12.3. The van der Waals surface area contributed by atoms with Crippen LogP contribution in [0, 0.1) is 5.41 Å². The van der Waals surface area contributed by atoms with Crippen LogP contribution in [0.25, 0.3) is 11.1 Å². The number of hydrogen-bond donors (Lipinski definition) is 1. The molecule has 1 fully saturated rings. The molecule has 1 saturated carbocycles. The van der Waals surface area contributed by atoms with Crippen molar-refractivity contribution in [2.24, 2.45) is 11.1 Å². The molecule has 1 aliphatic rings. The molecule has 2 aromatic rings. The van der Waals surface area contributed by atoms with Gasteiger partial charge in [0.15, 0.2) is 5.78 Å². The van der Waals surface area contributed by atoms with E-state index in [-0.39, 0.29) is 11.2 Å². The molecule has 2 nitrogen and oxygen atoms in total. The van der Waals surface area contributed by atoms with Crippen molar-refractivity contribution in [1.82, 2.24) is 0 Å². The lowest BCUT2D eigenvalue weighted by Gasteiger charge is -2.11. The summed E-state index contributed by atoms with van der Waals surface area (Å²) in [5, 5.41) is 0. The van der Waals surface area contributed by atoms with E-state index in [0.717, 1.165) is 24.0 Å². The third kappa shape index (κ3) is 2.20. The average molecular weight is 251 g/mol. The first-order valence-electron chi connectivity index (χ1n) is 6.66. The molecular formula is C17H17NO. The number of nitrogens with two attached hydrogens (primary N) is 1. The molecule has 19 heavy (non-hydrogen) atoms. The van der Waals surface area contributed by atoms with Gasteiger partial charge in [0.05, 0.1) is 0 Å². The minimum Gasteiger partial charge on any atom is -0.329 e. The van der Waals surface area contributed by atoms with Gasteiger partial charge in [0.25, 0.3) is 0 Å². The first kappa shape index (κ1) is 12.1. The zero-order valence-electron chi connectivity index (χ0n) is 10.8. The van der Waals surface area contributed by atoms with E-state index in [2.05, 4.69) is 12.1 Å². The van der Waals surface area contributed by atoms with Crippen molar-refractivity contribution in [2.45, 2.75) is 12.8 Å². The Morgan fingerprint density at radius 1 is 0.947 bits per heavy atom. The third-order valence-electron chi connectivity index (χ3n) is 3.98. The van der Waals surface area contributed by atoms with E-state index in [4.69, 9.17) is 5.73 Å². The SMILES string of the molecule is NCC1(C(=O)c2ccc(-c3ccccc3)cc2)CC1. The van der Waals surface area contributed by atoms with Crippen LogP contribution in [0.2, 0.25) is 0 Å². The number of ketones is 1. The van der Waals surface area contributed by atoms with Crippen LogP contribution < -0.4 is 5.73 Å². The summed E-state index contributed by atoms with van der Waals surface area (Å²) in [6.07, 6.45) is 1.87. The highest BCUT2D eigenvalue weighted by atomic mass is 16.1. The van der Waals surface area contributed by atoms with Gasteiger partial charge in [0.1, 0.15) is 0 Å². The Morgan fingerprint density at radius 3 is 2.05 bits per heavy atom. The molecule has 0 unspecified atom stereocenters. The predicted molar refractivity (Wildman–Crippen MR) is 76.9 cm³/mol. The van der Waals surface area contributed by atoms with Crippen LogP contribution in [0.15, 0.2) is 54.6 Å². The van der Waals surface area contributed by atoms with E-state index >= 15 is 0 Å². The molecule has 0 saturated heterocycles. The van der Waals surface area contributed by atoms with E-state index in [9.17, 15) is 4.79 Å². The highest BCUT2D eigenvalue weighted by molar-refractivity contribution is 6.02. The van der Waals surface area contributed by atoms with E-state index in [1.807, 2.05) is 42.5 Å². The van der Waals surface area contributed by atoms with Crippen LogP contribution in [-0.4, -0.2) is 12.3 Å². The van der Waals surface area contributed by atoms with Crippen molar-refractivity contribution in [3.63, 3.8) is 0 Å². The standard InChI is InChI=1S/C17H17NO/c18-12-17(10-11-17)16(19)15-8-6-14(7-9-15)13-4-2-1-3-5-13/h1-9H,10-12,18H2. The second-order valence-electron chi connectivity index (χ2n) is 5.26. The normalized spacial score (nSPS) is 16.1. The van der Waals surface area contributed by atoms with Gasteiger partial charge in [0, 0.05) is 17.5 Å². The third-order valence-corrected chi connectivity index (χ3v) is 3.98. The van der Waals surface area contributed by atoms with Crippen molar-refractivity contribution < 1.29 is 4.79 Å². The lowest BCUT2D eigenvalue weighted by Crippen LogP contribution is -2.25. The van der Waals surface area contributed by atoms with Gasteiger partial charge in [-0.15, -0.1) is 0 Å². The second kappa shape index (κ2) is 4.63. The lowest BCUT2D eigenvalue weighted by molar-refractivity contribution is 0.0905. The van der Waals surface area contributed by atoms with Crippen molar-refractivity contribution in [2.75, 3.05) is 6.54 Å². The van der Waals surface area contributed by atoms with Gasteiger partial charge < -0.3 is 5.73 Å². The maximum Gasteiger partial charge on any atom is 0.170 e. The molecule has 0 bridgehead atoms. The number of benzene rings is 2. The van der Waals surface area contributed by atoms with Gasteiger partial charge in [-0.05, 0) is 24.0 Å². The van der Waals surface area contributed by atoms with E-state index in [0.29, 0.717) is 6.54 Å². The van der Waals surface area contributed by atoms with Gasteiger partial charge >= 0.3 is 0 Å². The summed E-state index contributed by atoms with van der Waals surface area (Å²) in [6, 6.07) is 18.0. The molecule has 2 aromatic carbocycles. The van der Waals surface area contributed by atoms with Crippen molar-refractivity contribution in [3.8, 4) is 11.1 Å². The summed E-state index contributed by atoms with van der Waals surface area (Å²) >= 11 is 0. The van der Waals surface area contributed by atoms with Crippen LogP contribution in [0.5, 0.6) is 0 Å². The Bertz CT molecular complexity index is 582. The number of rotatable bonds is 4. The number of Topliss-reactive ketones (excluding diaryl/α,β-unsaturated/α-hetero) is 1. The molecule has 0 aromatic heterocycles. The topological polar surface area (TPSA) is 43.1 Å². The maximum absolute atomic E-state index is 12.3. The highest BCUT2D eigenvalue weighted by Gasteiger charge is 2.48.